The first-order valence-corrected chi connectivity index (χ1v) is 11.1. The second-order valence-electron chi connectivity index (χ2n) is 8.68. The number of hydrogen-bond donors (Lipinski definition) is 0. The number of benzene rings is 2. The number of nitrogens with zero attached hydrogens (tertiary/aromatic N) is 7. The van der Waals surface area contributed by atoms with Crippen molar-refractivity contribution >= 4 is 22.8 Å². The minimum Gasteiger partial charge on any atom is -0.497 e. The average molecular weight is 459 g/mol. The van der Waals surface area contributed by atoms with Gasteiger partial charge in [0.2, 0.25) is 5.95 Å². The van der Waals surface area contributed by atoms with Crippen LogP contribution in [0.1, 0.15) is 10.4 Å². The molecule has 2 aliphatic rings. The summed E-state index contributed by atoms with van der Waals surface area (Å²) in [5.41, 5.74) is 1.21. The van der Waals surface area contributed by atoms with Gasteiger partial charge in [0.15, 0.2) is 0 Å². The number of amides is 1. The molecule has 0 spiro atoms. The van der Waals surface area contributed by atoms with Crippen molar-refractivity contribution in [3.63, 3.8) is 0 Å². The lowest BCUT2D eigenvalue weighted by atomic mass is 10.0. The smallest absolute Gasteiger partial charge is 0.259 e. The van der Waals surface area contributed by atoms with E-state index in [0.717, 1.165) is 29.7 Å². The largest absolute Gasteiger partial charge is 0.497 e. The number of rotatable bonds is 4. The molecule has 1 amide bonds. The number of anilines is 1. The van der Waals surface area contributed by atoms with Crippen LogP contribution in [0.5, 0.6) is 5.75 Å². The van der Waals surface area contributed by atoms with E-state index in [4.69, 9.17) is 9.72 Å². The number of likely N-dealkylation sites (tertiary alicyclic amines) is 1. The van der Waals surface area contributed by atoms with Gasteiger partial charge in [0.05, 0.1) is 25.0 Å². The van der Waals surface area contributed by atoms with E-state index in [1.165, 1.54) is 23.3 Å². The molecule has 2 unspecified atom stereocenters. The van der Waals surface area contributed by atoms with Crippen molar-refractivity contribution in [1.29, 1.82) is 0 Å². The SMILES string of the molecule is COc1ccc2nc(N3CC4CN(C(=O)c5c(F)cccc5-n5nccn5)CC4C3)ncc2c1. The van der Waals surface area contributed by atoms with Crippen molar-refractivity contribution in [2.45, 2.75) is 0 Å². The lowest BCUT2D eigenvalue weighted by Crippen LogP contribution is -2.34. The fourth-order valence-corrected chi connectivity index (χ4v) is 4.99. The third-order valence-corrected chi connectivity index (χ3v) is 6.67. The van der Waals surface area contributed by atoms with Gasteiger partial charge in [0.1, 0.15) is 22.8 Å². The molecule has 0 N–H and O–H groups in total. The number of halogens is 1. The molecule has 9 nitrogen and oxygen atoms in total. The molecule has 2 saturated heterocycles. The van der Waals surface area contributed by atoms with E-state index in [2.05, 4.69) is 20.1 Å². The number of carbonyl (C=O) groups excluding carboxylic acids is 1. The fraction of sp³-hybridized carbons (Fsp3) is 0.292. The molecule has 2 atom stereocenters. The Hall–Kier alpha value is -4.08. The van der Waals surface area contributed by atoms with Crippen LogP contribution in [-0.4, -0.2) is 69.1 Å². The van der Waals surface area contributed by atoms with Crippen molar-refractivity contribution in [2.75, 3.05) is 38.2 Å². The Balaban J connectivity index is 1.19. The summed E-state index contributed by atoms with van der Waals surface area (Å²) in [4.78, 5) is 27.8. The minimum absolute atomic E-state index is 0.00354. The van der Waals surface area contributed by atoms with E-state index in [0.29, 0.717) is 24.7 Å². The summed E-state index contributed by atoms with van der Waals surface area (Å²) >= 11 is 0. The molecule has 2 fully saturated rings. The molecule has 0 radical (unpaired) electrons. The Morgan fingerprint density at radius 2 is 1.82 bits per heavy atom. The number of carbonyl (C=O) groups is 1. The predicted octanol–water partition coefficient (Wildman–Crippen LogP) is 2.57. The van der Waals surface area contributed by atoms with Gasteiger partial charge >= 0.3 is 0 Å². The van der Waals surface area contributed by atoms with Crippen LogP contribution in [0, 0.1) is 17.7 Å². The molecule has 2 aromatic heterocycles. The second-order valence-corrected chi connectivity index (χ2v) is 8.68. The Morgan fingerprint density at radius 3 is 2.56 bits per heavy atom. The standard InChI is InChI=1S/C24H22FN7O2/c1-34-18-5-6-20-15(9-18)10-26-24(29-20)31-13-16-11-30(12-17(16)14-31)23(33)22-19(25)3-2-4-21(22)32-27-7-8-28-32/h2-10,16-17H,11-14H2,1H3. The molecular formula is C24H22FN7O2. The van der Waals surface area contributed by atoms with Crippen LogP contribution in [0.4, 0.5) is 10.3 Å². The summed E-state index contributed by atoms with van der Waals surface area (Å²) in [6.45, 7) is 2.62. The highest BCUT2D eigenvalue weighted by molar-refractivity contribution is 5.98. The monoisotopic (exact) mass is 459 g/mol. The van der Waals surface area contributed by atoms with Gasteiger partial charge in [-0.05, 0) is 30.3 Å². The van der Waals surface area contributed by atoms with Gasteiger partial charge in [-0.15, -0.1) is 0 Å². The molecule has 4 aromatic rings. The topological polar surface area (TPSA) is 89.3 Å². The summed E-state index contributed by atoms with van der Waals surface area (Å²) in [5, 5.41) is 9.06. The molecule has 0 bridgehead atoms. The maximum Gasteiger partial charge on any atom is 0.259 e. The zero-order valence-corrected chi connectivity index (χ0v) is 18.5. The zero-order chi connectivity index (χ0) is 23.2. The average Bonchev–Trinajstić information content (AvgIpc) is 3.60. The van der Waals surface area contributed by atoms with E-state index in [1.54, 1.807) is 24.1 Å². The maximum absolute atomic E-state index is 14.7. The van der Waals surface area contributed by atoms with Crippen molar-refractivity contribution in [3.05, 3.63) is 66.4 Å². The molecule has 0 saturated carbocycles. The Bertz CT molecular complexity index is 1360. The number of methoxy groups -OCH3 is 1. The molecule has 34 heavy (non-hydrogen) atoms. The molecule has 172 valence electrons. The van der Waals surface area contributed by atoms with Crippen LogP contribution in [0.3, 0.4) is 0 Å². The van der Waals surface area contributed by atoms with Crippen LogP contribution in [-0.2, 0) is 0 Å². The van der Waals surface area contributed by atoms with Gasteiger partial charge in [-0.1, -0.05) is 6.07 Å². The van der Waals surface area contributed by atoms with E-state index in [-0.39, 0.29) is 23.3 Å². The molecule has 4 heterocycles. The summed E-state index contributed by atoms with van der Waals surface area (Å²) in [5.74, 6) is 1.10. The number of ether oxygens (including phenoxy) is 1. The molecule has 2 aliphatic heterocycles. The summed E-state index contributed by atoms with van der Waals surface area (Å²) < 4.78 is 20.0. The van der Waals surface area contributed by atoms with Crippen LogP contribution >= 0.6 is 0 Å². The first-order valence-electron chi connectivity index (χ1n) is 11.1. The lowest BCUT2D eigenvalue weighted by Gasteiger charge is -2.23. The Morgan fingerprint density at radius 1 is 1.06 bits per heavy atom. The van der Waals surface area contributed by atoms with Gasteiger partial charge in [0, 0.05) is 49.6 Å². The molecule has 10 heteroatoms. The summed E-state index contributed by atoms with van der Waals surface area (Å²) in [6.07, 6.45) is 4.81. The first kappa shape index (κ1) is 20.5. The second kappa shape index (κ2) is 8.05. The van der Waals surface area contributed by atoms with Crippen LogP contribution in [0.25, 0.3) is 16.6 Å². The summed E-state index contributed by atoms with van der Waals surface area (Å²) in [6, 6.07) is 10.2. The summed E-state index contributed by atoms with van der Waals surface area (Å²) in [7, 11) is 1.63. The first-order chi connectivity index (χ1) is 16.6. The van der Waals surface area contributed by atoms with E-state index < -0.39 is 5.82 Å². The predicted molar refractivity (Wildman–Crippen MR) is 123 cm³/mol. The third-order valence-electron chi connectivity index (χ3n) is 6.67. The molecule has 6 rings (SSSR count). The quantitative estimate of drug-likeness (QED) is 0.463. The number of hydrogen-bond acceptors (Lipinski definition) is 7. The Kier molecular flexibility index (Phi) is 4.86. The van der Waals surface area contributed by atoms with Crippen LogP contribution < -0.4 is 9.64 Å². The minimum atomic E-state index is -0.570. The van der Waals surface area contributed by atoms with Crippen molar-refractivity contribution in [3.8, 4) is 11.4 Å². The van der Waals surface area contributed by atoms with E-state index >= 15 is 0 Å². The highest BCUT2D eigenvalue weighted by Gasteiger charge is 2.43. The number of fused-ring (bicyclic) bond motifs is 2. The lowest BCUT2D eigenvalue weighted by molar-refractivity contribution is 0.0777. The van der Waals surface area contributed by atoms with Crippen LogP contribution in [0.2, 0.25) is 0 Å². The molecule has 0 aliphatic carbocycles. The van der Waals surface area contributed by atoms with Gasteiger partial charge in [-0.2, -0.15) is 15.0 Å². The zero-order valence-electron chi connectivity index (χ0n) is 18.5. The van der Waals surface area contributed by atoms with Gasteiger partial charge in [-0.3, -0.25) is 4.79 Å². The molecule has 2 aromatic carbocycles. The van der Waals surface area contributed by atoms with Crippen molar-refractivity contribution < 1.29 is 13.9 Å². The third kappa shape index (κ3) is 3.42. The Labute approximate surface area is 194 Å². The highest BCUT2D eigenvalue weighted by atomic mass is 19.1. The molecular weight excluding hydrogens is 437 g/mol. The van der Waals surface area contributed by atoms with Gasteiger partial charge in [-0.25, -0.2) is 14.4 Å². The number of aromatic nitrogens is 5. The van der Waals surface area contributed by atoms with Gasteiger partial charge < -0.3 is 14.5 Å². The van der Waals surface area contributed by atoms with E-state index in [9.17, 15) is 9.18 Å². The normalized spacial score (nSPS) is 19.6. The van der Waals surface area contributed by atoms with Crippen LogP contribution in [0.15, 0.2) is 55.0 Å². The highest BCUT2D eigenvalue weighted by Crippen LogP contribution is 2.34. The fourth-order valence-electron chi connectivity index (χ4n) is 4.99. The maximum atomic E-state index is 14.7. The van der Waals surface area contributed by atoms with E-state index in [1.807, 2.05) is 24.4 Å². The van der Waals surface area contributed by atoms with Crippen molar-refractivity contribution in [1.82, 2.24) is 29.9 Å². The van der Waals surface area contributed by atoms with Gasteiger partial charge in [0.25, 0.3) is 5.91 Å². The van der Waals surface area contributed by atoms with Crippen molar-refractivity contribution in [2.24, 2.45) is 11.8 Å².